The monoisotopic (exact) mass is 372 g/mol. The zero-order chi connectivity index (χ0) is 15.9. The highest BCUT2D eigenvalue weighted by molar-refractivity contribution is 5.95. The number of aryl methyl sites for hydroxylation is 1. The summed E-state index contributed by atoms with van der Waals surface area (Å²) >= 11 is 0. The van der Waals surface area contributed by atoms with E-state index in [0.717, 1.165) is 35.5 Å². The average Bonchev–Trinajstić information content (AvgIpc) is 2.81. The molecule has 134 valence electrons. The molecule has 24 heavy (non-hydrogen) atoms. The standard InChI is InChI=1S/C17H24N4O.2ClH/c1-13-11-16(17(22)20-10-6-4-8-18)14(2)21(13)12-15-7-3-5-9-19-15;;/h3,5,7,9,11H,4,6,8,10,12,18H2,1-2H3,(H,20,22);2*1H. The maximum absolute atomic E-state index is 12.3. The van der Waals surface area contributed by atoms with Gasteiger partial charge in [0.05, 0.1) is 17.8 Å². The van der Waals surface area contributed by atoms with Gasteiger partial charge in [-0.1, -0.05) is 6.07 Å². The van der Waals surface area contributed by atoms with Gasteiger partial charge >= 0.3 is 0 Å². The van der Waals surface area contributed by atoms with Gasteiger partial charge in [0.1, 0.15) is 0 Å². The molecule has 2 rings (SSSR count). The van der Waals surface area contributed by atoms with E-state index in [1.165, 1.54) is 0 Å². The largest absolute Gasteiger partial charge is 0.352 e. The first-order valence-corrected chi connectivity index (χ1v) is 7.68. The Bertz CT molecular complexity index is 629. The Labute approximate surface area is 155 Å². The Morgan fingerprint density at radius 3 is 2.62 bits per heavy atom. The fraction of sp³-hybridized carbons (Fsp3) is 0.412. The van der Waals surface area contributed by atoms with Crippen molar-refractivity contribution >= 4 is 30.7 Å². The van der Waals surface area contributed by atoms with Crippen LogP contribution in [0.15, 0.2) is 30.5 Å². The third-order valence-electron chi connectivity index (χ3n) is 3.78. The lowest BCUT2D eigenvalue weighted by atomic mass is 10.2. The van der Waals surface area contributed by atoms with E-state index < -0.39 is 0 Å². The number of carbonyl (C=O) groups is 1. The number of unbranched alkanes of at least 4 members (excludes halogenated alkanes) is 1. The van der Waals surface area contributed by atoms with Crippen LogP contribution in [0.2, 0.25) is 0 Å². The maximum Gasteiger partial charge on any atom is 0.253 e. The van der Waals surface area contributed by atoms with Crippen molar-refractivity contribution in [3.63, 3.8) is 0 Å². The summed E-state index contributed by atoms with van der Waals surface area (Å²) in [6, 6.07) is 7.81. The van der Waals surface area contributed by atoms with Crippen molar-refractivity contribution in [1.29, 1.82) is 0 Å². The number of halogens is 2. The number of aromatic nitrogens is 2. The summed E-state index contributed by atoms with van der Waals surface area (Å²) in [5.41, 5.74) is 9.21. The van der Waals surface area contributed by atoms with Crippen molar-refractivity contribution < 1.29 is 4.79 Å². The second-order valence-electron chi connectivity index (χ2n) is 5.44. The highest BCUT2D eigenvalue weighted by atomic mass is 35.5. The van der Waals surface area contributed by atoms with Crippen LogP contribution >= 0.6 is 24.8 Å². The molecule has 0 saturated heterocycles. The molecule has 7 heteroatoms. The molecule has 0 aliphatic carbocycles. The summed E-state index contributed by atoms with van der Waals surface area (Å²) in [6.07, 6.45) is 3.63. The number of rotatable bonds is 7. The second-order valence-corrected chi connectivity index (χ2v) is 5.44. The van der Waals surface area contributed by atoms with Gasteiger partial charge in [0.25, 0.3) is 5.91 Å². The molecule has 1 amide bonds. The minimum atomic E-state index is -0.0163. The summed E-state index contributed by atoms with van der Waals surface area (Å²) in [5, 5.41) is 2.96. The number of nitrogens with one attached hydrogen (secondary N) is 1. The summed E-state index contributed by atoms with van der Waals surface area (Å²) < 4.78 is 2.12. The van der Waals surface area contributed by atoms with E-state index in [-0.39, 0.29) is 30.7 Å². The van der Waals surface area contributed by atoms with Crippen LogP contribution in [0.5, 0.6) is 0 Å². The van der Waals surface area contributed by atoms with Crippen LogP contribution in [0.3, 0.4) is 0 Å². The van der Waals surface area contributed by atoms with E-state index >= 15 is 0 Å². The molecular formula is C17H26Cl2N4O. The lowest BCUT2D eigenvalue weighted by molar-refractivity contribution is 0.0952. The first-order chi connectivity index (χ1) is 10.6. The minimum absolute atomic E-state index is 0. The molecule has 0 fully saturated rings. The molecule has 2 heterocycles. The maximum atomic E-state index is 12.3. The normalized spacial score (nSPS) is 9.79. The van der Waals surface area contributed by atoms with Gasteiger partial charge < -0.3 is 15.6 Å². The second kappa shape index (κ2) is 11.1. The van der Waals surface area contributed by atoms with Gasteiger partial charge in [-0.15, -0.1) is 24.8 Å². The average molecular weight is 373 g/mol. The molecule has 3 N–H and O–H groups in total. The Balaban J connectivity index is 0.00000264. The van der Waals surface area contributed by atoms with Crippen molar-refractivity contribution in [2.75, 3.05) is 13.1 Å². The molecule has 2 aromatic rings. The number of carbonyl (C=O) groups excluding carboxylic acids is 1. The predicted octanol–water partition coefficient (Wildman–Crippen LogP) is 2.86. The topological polar surface area (TPSA) is 72.9 Å². The van der Waals surface area contributed by atoms with Crippen LogP contribution < -0.4 is 11.1 Å². The molecular weight excluding hydrogens is 347 g/mol. The molecule has 0 aromatic carbocycles. The minimum Gasteiger partial charge on any atom is -0.352 e. The molecule has 0 bridgehead atoms. The smallest absolute Gasteiger partial charge is 0.253 e. The van der Waals surface area contributed by atoms with Crippen LogP contribution in [0.25, 0.3) is 0 Å². The fourth-order valence-corrected chi connectivity index (χ4v) is 2.49. The molecule has 0 radical (unpaired) electrons. The molecule has 0 saturated carbocycles. The van der Waals surface area contributed by atoms with E-state index in [1.807, 2.05) is 38.1 Å². The van der Waals surface area contributed by atoms with Crippen molar-refractivity contribution in [1.82, 2.24) is 14.9 Å². The van der Waals surface area contributed by atoms with Crippen molar-refractivity contribution in [3.8, 4) is 0 Å². The SMILES string of the molecule is Cc1cc(C(=O)NCCCCN)c(C)n1Cc1ccccn1.Cl.Cl. The zero-order valence-electron chi connectivity index (χ0n) is 14.1. The number of hydrogen-bond acceptors (Lipinski definition) is 3. The Hall–Kier alpha value is -1.56. The van der Waals surface area contributed by atoms with Crippen LogP contribution in [-0.2, 0) is 6.54 Å². The Morgan fingerprint density at radius 2 is 2.00 bits per heavy atom. The Morgan fingerprint density at radius 1 is 1.25 bits per heavy atom. The third kappa shape index (κ3) is 5.82. The van der Waals surface area contributed by atoms with E-state index in [2.05, 4.69) is 14.9 Å². The highest BCUT2D eigenvalue weighted by Gasteiger charge is 2.15. The Kier molecular flexibility index (Phi) is 10.4. The molecule has 5 nitrogen and oxygen atoms in total. The summed E-state index contributed by atoms with van der Waals surface area (Å²) in [7, 11) is 0. The van der Waals surface area contributed by atoms with Crippen molar-refractivity contribution in [2.45, 2.75) is 33.2 Å². The van der Waals surface area contributed by atoms with Crippen molar-refractivity contribution in [3.05, 3.63) is 53.1 Å². The quantitative estimate of drug-likeness (QED) is 0.733. The summed E-state index contributed by atoms with van der Waals surface area (Å²) in [6.45, 7) is 6.00. The van der Waals surface area contributed by atoms with Gasteiger partial charge in [-0.05, 0) is 51.4 Å². The summed E-state index contributed by atoms with van der Waals surface area (Å²) in [4.78, 5) is 16.6. The molecule has 0 spiro atoms. The highest BCUT2D eigenvalue weighted by Crippen LogP contribution is 2.16. The predicted molar refractivity (Wildman–Crippen MR) is 102 cm³/mol. The van der Waals surface area contributed by atoms with Crippen LogP contribution in [0.1, 0.15) is 40.3 Å². The first kappa shape index (κ1) is 22.4. The summed E-state index contributed by atoms with van der Waals surface area (Å²) in [5.74, 6) is -0.0163. The van der Waals surface area contributed by atoms with E-state index in [1.54, 1.807) is 6.20 Å². The van der Waals surface area contributed by atoms with Crippen LogP contribution in [0, 0.1) is 13.8 Å². The molecule has 0 atom stereocenters. The van der Waals surface area contributed by atoms with Gasteiger partial charge in [-0.25, -0.2) is 0 Å². The van der Waals surface area contributed by atoms with Crippen molar-refractivity contribution in [2.24, 2.45) is 5.73 Å². The lowest BCUT2D eigenvalue weighted by Gasteiger charge is -2.09. The van der Waals surface area contributed by atoms with Gasteiger partial charge in [-0.3, -0.25) is 9.78 Å². The molecule has 0 aliphatic rings. The van der Waals surface area contributed by atoms with Gasteiger partial charge in [0.15, 0.2) is 0 Å². The first-order valence-electron chi connectivity index (χ1n) is 7.68. The van der Waals surface area contributed by atoms with Crippen LogP contribution in [-0.4, -0.2) is 28.5 Å². The zero-order valence-corrected chi connectivity index (χ0v) is 15.8. The number of nitrogens with two attached hydrogens (primary N) is 1. The number of amides is 1. The number of pyridine rings is 1. The fourth-order valence-electron chi connectivity index (χ4n) is 2.49. The van der Waals surface area contributed by atoms with Gasteiger partial charge in [-0.2, -0.15) is 0 Å². The third-order valence-corrected chi connectivity index (χ3v) is 3.78. The van der Waals surface area contributed by atoms with Gasteiger partial charge in [0, 0.05) is 24.1 Å². The van der Waals surface area contributed by atoms with E-state index in [9.17, 15) is 4.79 Å². The molecule has 0 unspecified atom stereocenters. The van der Waals surface area contributed by atoms with Crippen LogP contribution in [0.4, 0.5) is 0 Å². The van der Waals surface area contributed by atoms with E-state index in [4.69, 9.17) is 5.73 Å². The number of hydrogen-bond donors (Lipinski definition) is 2. The lowest BCUT2D eigenvalue weighted by Crippen LogP contribution is -2.25. The molecule has 2 aromatic heterocycles. The van der Waals surface area contributed by atoms with Gasteiger partial charge in [0.2, 0.25) is 0 Å². The number of nitrogens with zero attached hydrogens (tertiary/aromatic N) is 2. The molecule has 0 aliphatic heterocycles. The van der Waals surface area contributed by atoms with E-state index in [0.29, 0.717) is 19.6 Å².